The predicted molar refractivity (Wildman–Crippen MR) is 300 cm³/mol. The molecule has 0 radical (unpaired) electrons. The van der Waals surface area contributed by atoms with Crippen molar-refractivity contribution in [1.82, 2.24) is 39.9 Å². The van der Waals surface area contributed by atoms with Crippen molar-refractivity contribution < 1.29 is 0 Å². The molecule has 0 spiro atoms. The highest BCUT2D eigenvalue weighted by Gasteiger charge is 2.27. The van der Waals surface area contributed by atoms with Gasteiger partial charge in [0.15, 0.2) is 23.3 Å². The van der Waals surface area contributed by atoms with Crippen molar-refractivity contribution >= 4 is 91.2 Å². The average molecular weight is 1000 g/mol. The Balaban J connectivity index is 1.09. The Kier molecular flexibility index (Phi) is 12.1. The zero-order chi connectivity index (χ0) is 47.8. The minimum atomic E-state index is 0.578. The Bertz CT molecular complexity index is 3740. The number of rotatable bonds is 12. The molecule has 8 aromatic carbocycles. The van der Waals surface area contributed by atoms with Gasteiger partial charge in [-0.3, -0.25) is 0 Å². The normalized spacial score (nSPS) is 11.8. The van der Waals surface area contributed by atoms with Crippen LogP contribution in [0.4, 0.5) is 0 Å². The fraction of sp³-hybridized carbons (Fsp3) is 0.0667. The van der Waals surface area contributed by atoms with Gasteiger partial charge in [0.2, 0.25) is 0 Å². The summed E-state index contributed by atoms with van der Waals surface area (Å²) >= 11 is 7.14. The summed E-state index contributed by atoms with van der Waals surface area (Å²) in [5.74, 6) is 5.49. The fourth-order valence-electron chi connectivity index (χ4n) is 9.28. The highest BCUT2D eigenvalue weighted by molar-refractivity contribution is 7.99. The average Bonchev–Trinajstić information content (AvgIpc) is 4.18. The molecular formula is C60H42N8S4. The molecule has 8 nitrogen and oxygen atoms in total. The van der Waals surface area contributed by atoms with Gasteiger partial charge in [-0.1, -0.05) is 170 Å². The van der Waals surface area contributed by atoms with Crippen LogP contribution in [-0.2, 0) is 23.0 Å². The molecule has 13 rings (SSSR count). The first-order valence-corrected chi connectivity index (χ1v) is 27.6. The molecule has 12 heteroatoms. The summed E-state index contributed by atoms with van der Waals surface area (Å²) in [5.41, 5.74) is 11.4. The van der Waals surface area contributed by atoms with E-state index in [1.54, 1.807) is 47.0 Å². The fourth-order valence-corrected chi connectivity index (χ4v) is 13.4. The van der Waals surface area contributed by atoms with Gasteiger partial charge in [-0.05, 0) is 46.5 Å². The van der Waals surface area contributed by atoms with Gasteiger partial charge >= 0.3 is 0 Å². The SMILES string of the molecule is c1ccc(CSc2cccc3c2-c2nc-3nc3[nH]c(nc4nc(nc5[nH]c(n2)c2cccc(SCc6ccccc6)c52)-c2cccc(SCc5ccccc5)c2-4)c2cccc(SCc4ccccc4)c32)cc1. The molecule has 0 fully saturated rings. The van der Waals surface area contributed by atoms with Crippen LogP contribution in [0.25, 0.3) is 89.7 Å². The van der Waals surface area contributed by atoms with Crippen molar-refractivity contribution in [2.75, 3.05) is 0 Å². The summed E-state index contributed by atoms with van der Waals surface area (Å²) in [6, 6.07) is 67.9. The van der Waals surface area contributed by atoms with E-state index >= 15 is 0 Å². The zero-order valence-corrected chi connectivity index (χ0v) is 41.9. The monoisotopic (exact) mass is 1000 g/mol. The predicted octanol–water partition coefficient (Wildman–Crippen LogP) is 16.0. The van der Waals surface area contributed by atoms with Crippen LogP contribution in [0.1, 0.15) is 22.3 Å². The second kappa shape index (κ2) is 19.6. The summed E-state index contributed by atoms with van der Waals surface area (Å²) in [5, 5.41) is 3.84. The third-order valence-corrected chi connectivity index (χ3v) is 17.2. The van der Waals surface area contributed by atoms with Crippen LogP contribution < -0.4 is 0 Å². The number of H-pyrrole nitrogens is 2. The lowest BCUT2D eigenvalue weighted by Crippen LogP contribution is -1.87. The van der Waals surface area contributed by atoms with Gasteiger partial charge in [-0.25, -0.2) is 29.9 Å². The molecule has 2 N–H and O–H groups in total. The molecule has 3 aromatic heterocycles. The maximum atomic E-state index is 5.51. The third-order valence-electron chi connectivity index (χ3n) is 12.7. The molecule has 0 atom stereocenters. The van der Waals surface area contributed by atoms with Crippen LogP contribution in [0, 0.1) is 0 Å². The first-order chi connectivity index (χ1) is 35.7. The number of nitrogens with zero attached hydrogens (tertiary/aromatic N) is 6. The van der Waals surface area contributed by atoms with E-state index < -0.39 is 0 Å². The van der Waals surface area contributed by atoms with Crippen LogP contribution in [0.5, 0.6) is 0 Å². The van der Waals surface area contributed by atoms with Crippen molar-refractivity contribution in [3.8, 4) is 45.6 Å². The lowest BCUT2D eigenvalue weighted by atomic mass is 10.1. The Labute approximate surface area is 432 Å². The molecule has 0 unspecified atom stereocenters. The van der Waals surface area contributed by atoms with Crippen LogP contribution in [0.15, 0.2) is 214 Å². The van der Waals surface area contributed by atoms with E-state index in [0.29, 0.717) is 45.9 Å². The Morgan fingerprint density at radius 1 is 0.278 bits per heavy atom. The molecule has 346 valence electrons. The second-order valence-corrected chi connectivity index (χ2v) is 21.5. The molecular weight excluding hydrogens is 961 g/mol. The van der Waals surface area contributed by atoms with Gasteiger partial charge in [0.25, 0.3) is 0 Å². The van der Waals surface area contributed by atoms with Crippen LogP contribution in [0.3, 0.4) is 0 Å². The minimum Gasteiger partial charge on any atom is -0.324 e. The molecule has 72 heavy (non-hydrogen) atoms. The first-order valence-electron chi connectivity index (χ1n) is 23.7. The van der Waals surface area contributed by atoms with Gasteiger partial charge in [-0.15, -0.1) is 47.0 Å². The number of hydrogen-bond donors (Lipinski definition) is 2. The number of thioether (sulfide) groups is 4. The van der Waals surface area contributed by atoms with Crippen molar-refractivity contribution in [3.05, 3.63) is 216 Å². The lowest BCUT2D eigenvalue weighted by molar-refractivity contribution is 1.19. The molecule has 2 aliphatic heterocycles. The van der Waals surface area contributed by atoms with E-state index in [9.17, 15) is 0 Å². The summed E-state index contributed by atoms with van der Waals surface area (Å²) in [4.78, 5) is 44.6. The van der Waals surface area contributed by atoms with Crippen LogP contribution in [0.2, 0.25) is 0 Å². The van der Waals surface area contributed by atoms with Gasteiger partial charge < -0.3 is 9.97 Å². The number of aromatic amines is 2. The summed E-state index contributed by atoms with van der Waals surface area (Å²) in [7, 11) is 0. The molecule has 8 bridgehead atoms. The maximum Gasteiger partial charge on any atom is 0.165 e. The summed E-state index contributed by atoms with van der Waals surface area (Å²) in [6.07, 6.45) is 0. The maximum absolute atomic E-state index is 5.51. The number of nitrogens with one attached hydrogen (secondary N) is 2. The molecule has 5 heterocycles. The number of hydrogen-bond acceptors (Lipinski definition) is 10. The molecule has 11 aromatic rings. The quantitative estimate of drug-likeness (QED) is 0.115. The first kappa shape index (κ1) is 44.5. The van der Waals surface area contributed by atoms with E-state index in [0.717, 1.165) is 86.4 Å². The van der Waals surface area contributed by atoms with Crippen LogP contribution in [-0.4, -0.2) is 39.9 Å². The molecule has 0 saturated heterocycles. The van der Waals surface area contributed by atoms with Gasteiger partial charge in [0, 0.05) is 86.4 Å². The van der Waals surface area contributed by atoms with E-state index in [-0.39, 0.29) is 0 Å². The largest absolute Gasteiger partial charge is 0.324 e. The second-order valence-electron chi connectivity index (χ2n) is 17.4. The van der Waals surface area contributed by atoms with Crippen molar-refractivity contribution in [2.45, 2.75) is 42.6 Å². The third kappa shape index (κ3) is 8.74. The molecule has 0 aliphatic carbocycles. The standard InChI is InChI=1S/C60H42N8S4/c1-5-17-37(18-6-1)33-69-45-29-13-25-41-49(45)57-61-53(41)66-58-51-43(27-15-31-47(51)71-35-39-21-9-3-10-22-39)55(63-58)68-60-52-44(28-16-32-48(52)72-36-40-23-11-4-12-24-40)56(64-60)67-59-50-42(54(62-59)65-57)26-14-30-46(50)70-34-38-19-7-2-8-20-38/h1-32H,33-36H2,(H2,61,62,63,64,65,66,67,68). The van der Waals surface area contributed by atoms with E-state index in [4.69, 9.17) is 29.9 Å². The minimum absolute atomic E-state index is 0.578. The van der Waals surface area contributed by atoms with Crippen molar-refractivity contribution in [3.63, 3.8) is 0 Å². The van der Waals surface area contributed by atoms with Crippen molar-refractivity contribution in [1.29, 1.82) is 0 Å². The lowest BCUT2D eigenvalue weighted by Gasteiger charge is -2.08. The van der Waals surface area contributed by atoms with E-state index in [1.807, 2.05) is 0 Å². The molecule has 2 aliphatic rings. The summed E-state index contributed by atoms with van der Waals surface area (Å²) in [6.45, 7) is 0. The highest BCUT2D eigenvalue weighted by Crippen LogP contribution is 2.45. The van der Waals surface area contributed by atoms with E-state index in [1.165, 1.54) is 22.3 Å². The van der Waals surface area contributed by atoms with Gasteiger partial charge in [-0.2, -0.15) is 0 Å². The molecule has 0 amide bonds. The number of aromatic nitrogens is 8. The smallest absolute Gasteiger partial charge is 0.165 e. The highest BCUT2D eigenvalue weighted by atomic mass is 32.2. The Morgan fingerprint density at radius 2 is 0.597 bits per heavy atom. The van der Waals surface area contributed by atoms with Gasteiger partial charge in [0.1, 0.15) is 22.6 Å². The number of fused-ring (bicyclic) bond motifs is 20. The topological polar surface area (TPSA) is 109 Å². The zero-order valence-electron chi connectivity index (χ0n) is 38.6. The Morgan fingerprint density at radius 3 is 0.972 bits per heavy atom. The molecule has 0 saturated carbocycles. The summed E-state index contributed by atoms with van der Waals surface area (Å²) < 4.78 is 0. The van der Waals surface area contributed by atoms with E-state index in [2.05, 4.69) is 204 Å². The Hall–Kier alpha value is -7.48. The van der Waals surface area contributed by atoms with Crippen LogP contribution >= 0.6 is 47.0 Å². The van der Waals surface area contributed by atoms with Crippen molar-refractivity contribution in [2.24, 2.45) is 0 Å². The van der Waals surface area contributed by atoms with Gasteiger partial charge in [0.05, 0.1) is 0 Å². The number of benzene rings is 8.